The van der Waals surface area contributed by atoms with Gasteiger partial charge in [0.25, 0.3) is 0 Å². The van der Waals surface area contributed by atoms with Crippen LogP contribution in [0, 0.1) is 6.92 Å². The highest BCUT2D eigenvalue weighted by atomic mass is 32.1. The Hall–Kier alpha value is -2.66. The summed E-state index contributed by atoms with van der Waals surface area (Å²) in [6.45, 7) is 2.31. The van der Waals surface area contributed by atoms with Gasteiger partial charge in [0.2, 0.25) is 5.91 Å². The molecule has 0 saturated carbocycles. The Bertz CT molecular complexity index is 916. The number of rotatable bonds is 8. The number of carbonyl (C=O) groups excluding carboxylic acids is 1. The smallest absolute Gasteiger partial charge is 0.307 e. The van der Waals surface area contributed by atoms with Gasteiger partial charge in [-0.1, -0.05) is 72.0 Å². The molecular weight excluding hydrogens is 356 g/mol. The van der Waals surface area contributed by atoms with Gasteiger partial charge in [-0.3, -0.25) is 9.59 Å². The summed E-state index contributed by atoms with van der Waals surface area (Å²) < 4.78 is 1.66. The fourth-order valence-corrected chi connectivity index (χ4v) is 3.88. The van der Waals surface area contributed by atoms with Crippen molar-refractivity contribution in [1.82, 2.24) is 9.88 Å². The van der Waals surface area contributed by atoms with Crippen molar-refractivity contribution >= 4 is 17.2 Å². The van der Waals surface area contributed by atoms with Gasteiger partial charge in [0, 0.05) is 24.0 Å². The molecule has 1 heterocycles. The number of thiazole rings is 1. The zero-order chi connectivity index (χ0) is 19.1. The van der Waals surface area contributed by atoms with Crippen LogP contribution in [-0.4, -0.2) is 10.5 Å². The molecule has 27 heavy (non-hydrogen) atoms. The van der Waals surface area contributed by atoms with Crippen LogP contribution in [0.15, 0.2) is 70.8 Å². The van der Waals surface area contributed by atoms with E-state index >= 15 is 0 Å². The molecule has 3 aromatic rings. The molecule has 1 atom stereocenters. The Morgan fingerprint density at radius 2 is 1.74 bits per heavy atom. The molecule has 0 spiro atoms. The van der Waals surface area contributed by atoms with E-state index in [0.717, 1.165) is 24.1 Å². The third-order valence-corrected chi connectivity index (χ3v) is 5.52. The van der Waals surface area contributed by atoms with Gasteiger partial charge in [0.15, 0.2) is 0 Å². The average Bonchev–Trinajstić information content (AvgIpc) is 3.02. The molecule has 0 aliphatic rings. The lowest BCUT2D eigenvalue weighted by molar-refractivity contribution is -0.122. The highest BCUT2D eigenvalue weighted by molar-refractivity contribution is 7.07. The fraction of sp³-hybridized carbons (Fsp3) is 0.273. The van der Waals surface area contributed by atoms with Crippen molar-refractivity contribution in [3.05, 3.63) is 92.5 Å². The van der Waals surface area contributed by atoms with Gasteiger partial charge in [-0.15, -0.1) is 0 Å². The number of hydrogen-bond donors (Lipinski definition) is 1. The van der Waals surface area contributed by atoms with E-state index in [4.69, 9.17) is 0 Å². The summed E-state index contributed by atoms with van der Waals surface area (Å²) in [4.78, 5) is 24.3. The van der Waals surface area contributed by atoms with Gasteiger partial charge in [0.1, 0.15) is 0 Å². The topological polar surface area (TPSA) is 51.1 Å². The van der Waals surface area contributed by atoms with Crippen molar-refractivity contribution < 1.29 is 4.79 Å². The lowest BCUT2D eigenvalue weighted by Crippen LogP contribution is -2.30. The maximum absolute atomic E-state index is 12.5. The van der Waals surface area contributed by atoms with E-state index in [1.54, 1.807) is 4.57 Å². The summed E-state index contributed by atoms with van der Waals surface area (Å²) in [6.07, 6.45) is 2.02. The first-order valence-electron chi connectivity index (χ1n) is 9.16. The minimum absolute atomic E-state index is 0.0102. The van der Waals surface area contributed by atoms with Crippen LogP contribution in [0.1, 0.15) is 35.7 Å². The molecule has 140 valence electrons. The Morgan fingerprint density at radius 1 is 1.07 bits per heavy atom. The molecule has 1 aromatic heterocycles. The maximum Gasteiger partial charge on any atom is 0.307 e. The number of nitrogens with zero attached hydrogens (tertiary/aromatic N) is 1. The third-order valence-electron chi connectivity index (χ3n) is 4.64. The van der Waals surface area contributed by atoms with Gasteiger partial charge in [-0.25, -0.2) is 0 Å². The zero-order valence-electron chi connectivity index (χ0n) is 15.4. The standard InChI is InChI=1S/C22H24N2O2S/c1-17-16-27-22(26)24(17)15-14-21(25)23-20(19-10-6-3-7-11-19)13-12-18-8-4-2-5-9-18/h2-11,16,20H,12-15H2,1H3,(H,23,25). The Labute approximate surface area is 163 Å². The predicted molar refractivity (Wildman–Crippen MR) is 110 cm³/mol. The molecule has 0 aliphatic heterocycles. The van der Waals surface area contributed by atoms with Crippen LogP contribution in [0.25, 0.3) is 0 Å². The number of benzene rings is 2. The van der Waals surface area contributed by atoms with E-state index < -0.39 is 0 Å². The molecule has 0 fully saturated rings. The van der Waals surface area contributed by atoms with E-state index in [1.807, 2.05) is 60.8 Å². The number of nitrogens with one attached hydrogen (secondary N) is 1. The van der Waals surface area contributed by atoms with E-state index in [1.165, 1.54) is 16.9 Å². The molecule has 1 amide bonds. The van der Waals surface area contributed by atoms with Crippen LogP contribution in [0.4, 0.5) is 0 Å². The molecule has 0 aliphatic carbocycles. The van der Waals surface area contributed by atoms with Gasteiger partial charge >= 0.3 is 4.87 Å². The minimum Gasteiger partial charge on any atom is -0.349 e. The number of amides is 1. The van der Waals surface area contributed by atoms with Crippen molar-refractivity contribution in [2.75, 3.05) is 0 Å². The second-order valence-electron chi connectivity index (χ2n) is 6.60. The minimum atomic E-state index is -0.0424. The normalized spacial score (nSPS) is 11.9. The van der Waals surface area contributed by atoms with Gasteiger partial charge in [-0.05, 0) is 30.9 Å². The van der Waals surface area contributed by atoms with Crippen molar-refractivity contribution in [2.45, 2.75) is 38.8 Å². The molecule has 0 saturated heterocycles. The molecule has 2 aromatic carbocycles. The van der Waals surface area contributed by atoms with E-state index in [0.29, 0.717) is 13.0 Å². The largest absolute Gasteiger partial charge is 0.349 e. The van der Waals surface area contributed by atoms with Crippen molar-refractivity contribution in [3.63, 3.8) is 0 Å². The molecule has 4 nitrogen and oxygen atoms in total. The summed E-state index contributed by atoms with van der Waals surface area (Å²) in [5.74, 6) is -0.0329. The fourth-order valence-electron chi connectivity index (χ4n) is 3.12. The lowest BCUT2D eigenvalue weighted by atomic mass is 9.99. The second-order valence-corrected chi connectivity index (χ2v) is 7.42. The molecule has 0 radical (unpaired) electrons. The third kappa shape index (κ3) is 5.41. The van der Waals surface area contributed by atoms with Crippen molar-refractivity contribution in [3.8, 4) is 0 Å². The summed E-state index contributed by atoms with van der Waals surface area (Å²) in [5.41, 5.74) is 3.26. The highest BCUT2D eigenvalue weighted by Crippen LogP contribution is 2.19. The SMILES string of the molecule is Cc1csc(=O)n1CCC(=O)NC(CCc1ccccc1)c1ccccc1. The van der Waals surface area contributed by atoms with Crippen molar-refractivity contribution in [2.24, 2.45) is 0 Å². The quantitative estimate of drug-likeness (QED) is 0.640. The Kier molecular flexibility index (Phi) is 6.60. The molecule has 3 rings (SSSR count). The first kappa shape index (κ1) is 19.1. The molecule has 1 unspecified atom stereocenters. The summed E-state index contributed by atoms with van der Waals surface area (Å²) in [5, 5.41) is 4.98. The summed E-state index contributed by atoms with van der Waals surface area (Å²) in [6, 6.07) is 20.3. The van der Waals surface area contributed by atoms with E-state index in [-0.39, 0.29) is 16.8 Å². The van der Waals surface area contributed by atoms with E-state index in [9.17, 15) is 9.59 Å². The summed E-state index contributed by atoms with van der Waals surface area (Å²) >= 11 is 1.17. The zero-order valence-corrected chi connectivity index (χ0v) is 16.2. The van der Waals surface area contributed by atoms with Crippen LogP contribution in [-0.2, 0) is 17.8 Å². The second kappa shape index (κ2) is 9.33. The lowest BCUT2D eigenvalue weighted by Gasteiger charge is -2.19. The monoisotopic (exact) mass is 380 g/mol. The van der Waals surface area contributed by atoms with Crippen LogP contribution >= 0.6 is 11.3 Å². The van der Waals surface area contributed by atoms with Crippen LogP contribution in [0.5, 0.6) is 0 Å². The first-order chi connectivity index (χ1) is 13.1. The maximum atomic E-state index is 12.5. The van der Waals surface area contributed by atoms with Crippen LogP contribution < -0.4 is 10.2 Å². The predicted octanol–water partition coefficient (Wildman–Crippen LogP) is 4.10. The van der Waals surface area contributed by atoms with Gasteiger partial charge < -0.3 is 9.88 Å². The average molecular weight is 381 g/mol. The number of aryl methyl sites for hydroxylation is 2. The van der Waals surface area contributed by atoms with Crippen molar-refractivity contribution in [1.29, 1.82) is 0 Å². The molecule has 0 bridgehead atoms. The molecule has 5 heteroatoms. The highest BCUT2D eigenvalue weighted by Gasteiger charge is 2.15. The van der Waals surface area contributed by atoms with Crippen LogP contribution in [0.2, 0.25) is 0 Å². The van der Waals surface area contributed by atoms with Gasteiger partial charge in [0.05, 0.1) is 6.04 Å². The molecular formula is C22H24N2O2S. The summed E-state index contributed by atoms with van der Waals surface area (Å²) in [7, 11) is 0. The Morgan fingerprint density at radius 3 is 2.37 bits per heavy atom. The Balaban J connectivity index is 1.63. The van der Waals surface area contributed by atoms with E-state index in [2.05, 4.69) is 17.4 Å². The number of carbonyl (C=O) groups is 1. The number of aromatic nitrogens is 1. The number of hydrogen-bond acceptors (Lipinski definition) is 3. The van der Waals surface area contributed by atoms with Crippen LogP contribution in [0.3, 0.4) is 0 Å². The van der Waals surface area contributed by atoms with Gasteiger partial charge in [-0.2, -0.15) is 0 Å². The molecule has 1 N–H and O–H groups in total. The first-order valence-corrected chi connectivity index (χ1v) is 10.0.